The third kappa shape index (κ3) is 4.33. The molecule has 0 saturated heterocycles. The lowest BCUT2D eigenvalue weighted by Crippen LogP contribution is -2.38. The molecular weight excluding hydrogens is 204 g/mol. The molecule has 0 spiro atoms. The average Bonchev–Trinajstić information content (AvgIpc) is 2.66. The van der Waals surface area contributed by atoms with Gasteiger partial charge in [-0.25, -0.2) is 0 Å². The minimum Gasteiger partial charge on any atom is -0.329 e. The summed E-state index contributed by atoms with van der Waals surface area (Å²) in [6.45, 7) is 6.26. The van der Waals surface area contributed by atoms with Gasteiger partial charge >= 0.3 is 0 Å². The van der Waals surface area contributed by atoms with Crippen LogP contribution in [0.3, 0.4) is 0 Å². The molecule has 0 aliphatic rings. The van der Waals surface area contributed by atoms with E-state index in [-0.39, 0.29) is 0 Å². The van der Waals surface area contributed by atoms with Crippen molar-refractivity contribution in [2.75, 3.05) is 13.6 Å². The van der Waals surface area contributed by atoms with Crippen molar-refractivity contribution in [2.45, 2.75) is 32.9 Å². The number of nitrogens with two attached hydrogens (primary N) is 1. The van der Waals surface area contributed by atoms with Crippen LogP contribution >= 0.6 is 11.3 Å². The third-order valence-corrected chi connectivity index (χ3v) is 3.38. The zero-order chi connectivity index (χ0) is 11.3. The van der Waals surface area contributed by atoms with Crippen molar-refractivity contribution in [1.82, 2.24) is 4.90 Å². The van der Waals surface area contributed by atoms with E-state index in [4.69, 9.17) is 5.73 Å². The van der Waals surface area contributed by atoms with Gasteiger partial charge in [-0.05, 0) is 41.8 Å². The summed E-state index contributed by atoms with van der Waals surface area (Å²) in [5, 5.41) is 4.34. The number of hydrogen-bond donors (Lipinski definition) is 1. The van der Waals surface area contributed by atoms with E-state index < -0.39 is 0 Å². The molecule has 3 heteroatoms. The summed E-state index contributed by atoms with van der Waals surface area (Å²) in [7, 11) is 2.16. The second-order valence-electron chi connectivity index (χ2n) is 4.57. The van der Waals surface area contributed by atoms with E-state index in [1.165, 1.54) is 12.0 Å². The molecule has 1 aromatic heterocycles. The predicted molar refractivity (Wildman–Crippen MR) is 68.1 cm³/mol. The van der Waals surface area contributed by atoms with E-state index in [9.17, 15) is 0 Å². The summed E-state index contributed by atoms with van der Waals surface area (Å²) in [4.78, 5) is 2.36. The maximum absolute atomic E-state index is 5.81. The lowest BCUT2D eigenvalue weighted by Gasteiger charge is -2.28. The van der Waals surface area contributed by atoms with Gasteiger partial charge in [0.25, 0.3) is 0 Å². The van der Waals surface area contributed by atoms with Crippen LogP contribution in [0.2, 0.25) is 0 Å². The van der Waals surface area contributed by atoms with Crippen LogP contribution < -0.4 is 5.73 Å². The lowest BCUT2D eigenvalue weighted by molar-refractivity contribution is 0.210. The normalized spacial score (nSPS) is 13.7. The molecule has 15 heavy (non-hydrogen) atoms. The lowest BCUT2D eigenvalue weighted by atomic mass is 10.0. The van der Waals surface area contributed by atoms with E-state index in [0.717, 1.165) is 13.1 Å². The van der Waals surface area contributed by atoms with Crippen molar-refractivity contribution in [3.8, 4) is 0 Å². The first-order valence-electron chi connectivity index (χ1n) is 5.54. The molecule has 86 valence electrons. The van der Waals surface area contributed by atoms with Crippen molar-refractivity contribution in [3.05, 3.63) is 22.4 Å². The van der Waals surface area contributed by atoms with Gasteiger partial charge in [0.2, 0.25) is 0 Å². The van der Waals surface area contributed by atoms with Crippen molar-refractivity contribution >= 4 is 11.3 Å². The fourth-order valence-corrected chi connectivity index (χ4v) is 2.46. The topological polar surface area (TPSA) is 29.3 Å². The molecule has 1 heterocycles. The minimum absolute atomic E-state index is 0.505. The van der Waals surface area contributed by atoms with Crippen LogP contribution in [0.4, 0.5) is 0 Å². The highest BCUT2D eigenvalue weighted by Gasteiger charge is 2.14. The molecule has 0 aliphatic carbocycles. The maximum atomic E-state index is 5.81. The molecule has 0 saturated carbocycles. The Labute approximate surface area is 97.1 Å². The molecule has 2 nitrogen and oxygen atoms in total. The largest absolute Gasteiger partial charge is 0.329 e. The molecule has 2 N–H and O–H groups in total. The van der Waals surface area contributed by atoms with Gasteiger partial charge in [-0.1, -0.05) is 13.8 Å². The van der Waals surface area contributed by atoms with Gasteiger partial charge in [0.15, 0.2) is 0 Å². The van der Waals surface area contributed by atoms with E-state index in [1.807, 2.05) is 0 Å². The van der Waals surface area contributed by atoms with Crippen LogP contribution in [0, 0.1) is 5.92 Å². The Kier molecular flexibility index (Phi) is 5.29. The van der Waals surface area contributed by atoms with E-state index >= 15 is 0 Å². The first kappa shape index (κ1) is 12.7. The number of likely N-dealkylation sites (N-methyl/N-ethyl adjacent to an activating group) is 1. The summed E-state index contributed by atoms with van der Waals surface area (Å²) in [6, 6.07) is 2.69. The monoisotopic (exact) mass is 226 g/mol. The second kappa shape index (κ2) is 6.26. The molecule has 1 unspecified atom stereocenters. The van der Waals surface area contributed by atoms with E-state index in [2.05, 4.69) is 42.6 Å². The molecule has 1 atom stereocenters. The first-order valence-corrected chi connectivity index (χ1v) is 6.49. The van der Waals surface area contributed by atoms with Gasteiger partial charge in [-0.3, -0.25) is 4.90 Å². The molecule has 0 fully saturated rings. The summed E-state index contributed by atoms with van der Waals surface area (Å²) in [5.41, 5.74) is 7.21. The Bertz CT molecular complexity index is 257. The van der Waals surface area contributed by atoms with E-state index in [0.29, 0.717) is 12.0 Å². The SMILES string of the molecule is CC(C)CC(CN)N(C)Cc1ccsc1. The van der Waals surface area contributed by atoms with Crippen molar-refractivity contribution in [1.29, 1.82) is 0 Å². The van der Waals surface area contributed by atoms with Gasteiger partial charge in [0.05, 0.1) is 0 Å². The van der Waals surface area contributed by atoms with Crippen LogP contribution in [-0.4, -0.2) is 24.5 Å². The highest BCUT2D eigenvalue weighted by molar-refractivity contribution is 7.07. The van der Waals surface area contributed by atoms with Gasteiger partial charge < -0.3 is 5.73 Å². The minimum atomic E-state index is 0.505. The Morgan fingerprint density at radius 1 is 1.47 bits per heavy atom. The fourth-order valence-electron chi connectivity index (χ4n) is 1.80. The van der Waals surface area contributed by atoms with Crippen molar-refractivity contribution in [2.24, 2.45) is 11.7 Å². The third-order valence-electron chi connectivity index (χ3n) is 2.65. The van der Waals surface area contributed by atoms with E-state index in [1.54, 1.807) is 11.3 Å². The first-order chi connectivity index (χ1) is 7.13. The Balaban J connectivity index is 2.46. The molecule has 0 aromatic carbocycles. The highest BCUT2D eigenvalue weighted by atomic mass is 32.1. The average molecular weight is 226 g/mol. The zero-order valence-corrected chi connectivity index (χ0v) is 10.8. The van der Waals surface area contributed by atoms with Crippen LogP contribution in [-0.2, 0) is 6.54 Å². The van der Waals surface area contributed by atoms with Gasteiger partial charge in [-0.15, -0.1) is 0 Å². The standard InChI is InChI=1S/C12H22N2S/c1-10(2)6-12(7-13)14(3)8-11-4-5-15-9-11/h4-5,9-10,12H,6-8,13H2,1-3H3. The van der Waals surface area contributed by atoms with Crippen LogP contribution in [0.5, 0.6) is 0 Å². The predicted octanol–water partition coefficient (Wildman–Crippen LogP) is 2.55. The summed E-state index contributed by atoms with van der Waals surface area (Å²) >= 11 is 1.76. The van der Waals surface area contributed by atoms with Crippen molar-refractivity contribution in [3.63, 3.8) is 0 Å². The molecule has 0 aliphatic heterocycles. The molecule has 1 aromatic rings. The zero-order valence-electron chi connectivity index (χ0n) is 9.94. The molecule has 0 bridgehead atoms. The maximum Gasteiger partial charge on any atom is 0.0242 e. The second-order valence-corrected chi connectivity index (χ2v) is 5.35. The number of hydrogen-bond acceptors (Lipinski definition) is 3. The Hall–Kier alpha value is -0.380. The molecule has 1 rings (SSSR count). The molecule has 0 radical (unpaired) electrons. The van der Waals surface area contributed by atoms with Crippen LogP contribution in [0.1, 0.15) is 25.8 Å². The van der Waals surface area contributed by atoms with Gasteiger partial charge in [0, 0.05) is 19.1 Å². The quantitative estimate of drug-likeness (QED) is 0.808. The summed E-state index contributed by atoms with van der Waals surface area (Å²) in [6.07, 6.45) is 1.18. The fraction of sp³-hybridized carbons (Fsp3) is 0.667. The van der Waals surface area contributed by atoms with Crippen molar-refractivity contribution < 1.29 is 0 Å². The van der Waals surface area contributed by atoms with Crippen LogP contribution in [0.25, 0.3) is 0 Å². The van der Waals surface area contributed by atoms with Gasteiger partial charge in [-0.2, -0.15) is 11.3 Å². The number of thiophene rings is 1. The Morgan fingerprint density at radius 3 is 2.67 bits per heavy atom. The highest BCUT2D eigenvalue weighted by Crippen LogP contribution is 2.14. The number of nitrogens with zero attached hydrogens (tertiary/aromatic N) is 1. The molecular formula is C12H22N2S. The molecule has 0 amide bonds. The number of rotatable bonds is 6. The smallest absolute Gasteiger partial charge is 0.0242 e. The summed E-state index contributed by atoms with van der Waals surface area (Å²) in [5.74, 6) is 0.712. The summed E-state index contributed by atoms with van der Waals surface area (Å²) < 4.78 is 0. The Morgan fingerprint density at radius 2 is 2.20 bits per heavy atom. The van der Waals surface area contributed by atoms with Crippen LogP contribution in [0.15, 0.2) is 16.8 Å². The van der Waals surface area contributed by atoms with Gasteiger partial charge in [0.1, 0.15) is 0 Å².